The Morgan fingerprint density at radius 1 is 1.06 bits per heavy atom. The lowest BCUT2D eigenvalue weighted by Gasteiger charge is -2.15. The minimum absolute atomic E-state index is 0.0347. The molecule has 0 unspecified atom stereocenters. The molecule has 3 aromatic rings. The number of aliphatic imine (C=N–C) groups is 1. The molecule has 5 nitrogen and oxygen atoms in total. The number of aromatic nitrogens is 1. The maximum atomic E-state index is 13.7. The summed E-state index contributed by atoms with van der Waals surface area (Å²) >= 11 is 6.35. The molecule has 0 radical (unpaired) electrons. The molecule has 0 amide bonds. The van der Waals surface area contributed by atoms with Gasteiger partial charge in [0, 0.05) is 36.0 Å². The van der Waals surface area contributed by atoms with E-state index < -0.39 is 21.7 Å². The third-order valence-corrected chi connectivity index (χ3v) is 7.54. The zero-order valence-electron chi connectivity index (χ0n) is 17.2. The SMILES string of the molecule is CCS(=O)(=O)c1ccc2c(c1)-c1cn(C)c(=O)cc1[C@H](C)N=C2c1ccc(F)cc1Cl. The topological polar surface area (TPSA) is 68.5 Å². The third-order valence-electron chi connectivity index (χ3n) is 5.49. The van der Waals surface area contributed by atoms with E-state index in [1.54, 1.807) is 44.4 Å². The number of sulfone groups is 1. The van der Waals surface area contributed by atoms with Crippen LogP contribution in [-0.4, -0.2) is 24.4 Å². The normalized spacial score (nSPS) is 15.6. The minimum atomic E-state index is -3.46. The predicted octanol–water partition coefficient (Wildman–Crippen LogP) is 4.55. The van der Waals surface area contributed by atoms with Gasteiger partial charge in [0.25, 0.3) is 5.56 Å². The summed E-state index contributed by atoms with van der Waals surface area (Å²) in [5, 5.41) is 0.197. The highest BCUT2D eigenvalue weighted by Crippen LogP contribution is 2.38. The van der Waals surface area contributed by atoms with Gasteiger partial charge in [-0.25, -0.2) is 12.8 Å². The van der Waals surface area contributed by atoms with Gasteiger partial charge < -0.3 is 4.57 Å². The third kappa shape index (κ3) is 3.72. The van der Waals surface area contributed by atoms with Crippen LogP contribution in [0, 0.1) is 5.82 Å². The van der Waals surface area contributed by atoms with Gasteiger partial charge >= 0.3 is 0 Å². The van der Waals surface area contributed by atoms with Crippen molar-refractivity contribution in [1.29, 1.82) is 0 Å². The molecule has 2 aromatic carbocycles. The molecule has 4 rings (SSSR count). The van der Waals surface area contributed by atoms with Crippen molar-refractivity contribution in [1.82, 2.24) is 4.57 Å². The Kier molecular flexibility index (Phi) is 5.35. The number of pyridine rings is 1. The second kappa shape index (κ2) is 7.73. The van der Waals surface area contributed by atoms with Crippen molar-refractivity contribution in [2.45, 2.75) is 24.8 Å². The molecule has 0 fully saturated rings. The van der Waals surface area contributed by atoms with Crippen LogP contribution in [0.2, 0.25) is 5.02 Å². The molecule has 0 spiro atoms. The zero-order valence-corrected chi connectivity index (χ0v) is 18.8. The summed E-state index contributed by atoms with van der Waals surface area (Å²) in [6.45, 7) is 3.44. The maximum absolute atomic E-state index is 13.7. The van der Waals surface area contributed by atoms with Crippen molar-refractivity contribution >= 4 is 27.1 Å². The van der Waals surface area contributed by atoms with Crippen LogP contribution in [0.25, 0.3) is 11.1 Å². The summed E-state index contributed by atoms with van der Waals surface area (Å²) in [6, 6.07) is 10.0. The fourth-order valence-electron chi connectivity index (χ4n) is 3.76. The van der Waals surface area contributed by atoms with Crippen molar-refractivity contribution in [3.8, 4) is 11.1 Å². The Morgan fingerprint density at radius 2 is 1.77 bits per heavy atom. The van der Waals surface area contributed by atoms with Crippen LogP contribution >= 0.6 is 11.6 Å². The summed E-state index contributed by atoms with van der Waals surface area (Å²) in [4.78, 5) is 17.3. The Balaban J connectivity index is 2.10. The number of fused-ring (bicyclic) bond motifs is 3. The summed E-state index contributed by atoms with van der Waals surface area (Å²) < 4.78 is 40.2. The van der Waals surface area contributed by atoms with Crippen LogP contribution in [0.5, 0.6) is 0 Å². The Bertz CT molecular complexity index is 1410. The highest BCUT2D eigenvalue weighted by molar-refractivity contribution is 7.91. The molecule has 1 aliphatic heterocycles. The molecule has 1 aliphatic rings. The van der Waals surface area contributed by atoms with Gasteiger partial charge in [0.05, 0.1) is 27.4 Å². The highest BCUT2D eigenvalue weighted by Gasteiger charge is 2.26. The standard InChI is InChI=1S/C23H20ClFN2O3S/c1-4-31(29,30)15-6-8-16-19(10-15)20-12-27(3)22(28)11-18(20)13(2)26-23(16)17-7-5-14(25)9-21(17)24/h5-13H,4H2,1-3H3/t13-/m0/s1. The number of hydrogen-bond acceptors (Lipinski definition) is 4. The molecule has 0 N–H and O–H groups in total. The van der Waals surface area contributed by atoms with Gasteiger partial charge in [0.2, 0.25) is 0 Å². The highest BCUT2D eigenvalue weighted by atomic mass is 35.5. The van der Waals surface area contributed by atoms with E-state index in [4.69, 9.17) is 16.6 Å². The molecule has 31 heavy (non-hydrogen) atoms. The van der Waals surface area contributed by atoms with E-state index in [1.165, 1.54) is 22.8 Å². The van der Waals surface area contributed by atoms with E-state index in [0.717, 1.165) is 5.56 Å². The summed E-state index contributed by atoms with van der Waals surface area (Å²) in [6.07, 6.45) is 1.69. The smallest absolute Gasteiger partial charge is 0.250 e. The fraction of sp³-hybridized carbons (Fsp3) is 0.217. The maximum Gasteiger partial charge on any atom is 0.250 e. The molecule has 1 atom stereocenters. The fourth-order valence-corrected chi connectivity index (χ4v) is 4.92. The molecule has 0 saturated heterocycles. The molecule has 8 heteroatoms. The molecular weight excluding hydrogens is 439 g/mol. The second-order valence-corrected chi connectivity index (χ2v) is 10.2. The lowest BCUT2D eigenvalue weighted by atomic mass is 9.92. The quantitative estimate of drug-likeness (QED) is 0.578. The average Bonchev–Trinajstić information content (AvgIpc) is 2.83. The molecule has 2 heterocycles. The van der Waals surface area contributed by atoms with Crippen LogP contribution in [0.3, 0.4) is 0 Å². The van der Waals surface area contributed by atoms with E-state index in [9.17, 15) is 17.6 Å². The van der Waals surface area contributed by atoms with Crippen LogP contribution < -0.4 is 5.56 Å². The lowest BCUT2D eigenvalue weighted by Crippen LogP contribution is -2.17. The van der Waals surface area contributed by atoms with Crippen molar-refractivity contribution in [2.24, 2.45) is 12.0 Å². The zero-order chi connectivity index (χ0) is 22.5. The van der Waals surface area contributed by atoms with E-state index in [-0.39, 0.29) is 21.2 Å². The number of nitrogens with zero attached hydrogens (tertiary/aromatic N) is 2. The number of benzene rings is 2. The van der Waals surface area contributed by atoms with Crippen molar-refractivity contribution in [3.05, 3.63) is 86.5 Å². The van der Waals surface area contributed by atoms with Gasteiger partial charge in [-0.1, -0.05) is 24.6 Å². The Labute approximate surface area is 184 Å². The second-order valence-electron chi connectivity index (χ2n) is 7.48. The van der Waals surface area contributed by atoms with Crippen LogP contribution in [0.4, 0.5) is 4.39 Å². The first-order chi connectivity index (χ1) is 14.6. The van der Waals surface area contributed by atoms with Gasteiger partial charge in [0.1, 0.15) is 5.82 Å². The largest absolute Gasteiger partial charge is 0.318 e. The average molecular weight is 459 g/mol. The van der Waals surface area contributed by atoms with Gasteiger partial charge in [-0.05, 0) is 48.4 Å². The number of aryl methyl sites for hydroxylation is 1. The number of hydrogen-bond donors (Lipinski definition) is 0. The molecule has 0 aliphatic carbocycles. The van der Waals surface area contributed by atoms with Gasteiger partial charge in [-0.15, -0.1) is 0 Å². The van der Waals surface area contributed by atoms with E-state index in [2.05, 4.69) is 0 Å². The van der Waals surface area contributed by atoms with Crippen molar-refractivity contribution in [3.63, 3.8) is 0 Å². The van der Waals surface area contributed by atoms with Crippen LogP contribution in [0.1, 0.15) is 36.6 Å². The van der Waals surface area contributed by atoms with E-state index in [0.29, 0.717) is 28.0 Å². The first-order valence-electron chi connectivity index (χ1n) is 9.73. The molecule has 1 aromatic heterocycles. The van der Waals surface area contributed by atoms with Gasteiger partial charge in [-0.2, -0.15) is 0 Å². The molecule has 160 valence electrons. The van der Waals surface area contributed by atoms with Crippen molar-refractivity contribution in [2.75, 3.05) is 5.75 Å². The van der Waals surface area contributed by atoms with Crippen LogP contribution in [0.15, 0.2) is 63.3 Å². The van der Waals surface area contributed by atoms with Crippen LogP contribution in [-0.2, 0) is 16.9 Å². The molecule has 0 bridgehead atoms. The van der Waals surface area contributed by atoms with Gasteiger partial charge in [0.15, 0.2) is 9.84 Å². The Hall–Kier alpha value is -2.77. The first kappa shape index (κ1) is 21.5. The Morgan fingerprint density at radius 3 is 2.45 bits per heavy atom. The predicted molar refractivity (Wildman–Crippen MR) is 120 cm³/mol. The van der Waals surface area contributed by atoms with E-state index in [1.807, 2.05) is 6.92 Å². The van der Waals surface area contributed by atoms with Gasteiger partial charge in [-0.3, -0.25) is 9.79 Å². The molecular formula is C23H20ClFN2O3S. The minimum Gasteiger partial charge on any atom is -0.318 e. The van der Waals surface area contributed by atoms with Crippen molar-refractivity contribution < 1.29 is 12.8 Å². The monoisotopic (exact) mass is 458 g/mol. The summed E-state index contributed by atoms with van der Waals surface area (Å²) in [7, 11) is -1.82. The number of halogens is 2. The number of rotatable bonds is 3. The van der Waals surface area contributed by atoms with E-state index >= 15 is 0 Å². The first-order valence-corrected chi connectivity index (χ1v) is 11.8. The summed E-state index contributed by atoms with van der Waals surface area (Å²) in [5.41, 5.74) is 3.54. The summed E-state index contributed by atoms with van der Waals surface area (Å²) in [5.74, 6) is -0.500. The molecule has 0 saturated carbocycles. The lowest BCUT2D eigenvalue weighted by molar-refractivity contribution is 0.597.